The molecule has 3 nitrogen and oxygen atoms in total. The molecule has 0 amide bonds. The van der Waals surface area contributed by atoms with E-state index in [1.807, 2.05) is 0 Å². The standard InChI is InChI=1S/2C3H6O.C2H6O/c2*1-3(2)4;1-2-3/h2*1-2H3;3H,2H2,1H3. The Hall–Kier alpha value is -0.700. The maximum absolute atomic E-state index is 9.44. The van der Waals surface area contributed by atoms with Gasteiger partial charge in [0.15, 0.2) is 0 Å². The van der Waals surface area contributed by atoms with Crippen molar-refractivity contribution >= 4 is 11.6 Å². The van der Waals surface area contributed by atoms with E-state index in [4.69, 9.17) is 5.11 Å². The molecule has 0 fully saturated rings. The highest BCUT2D eigenvalue weighted by molar-refractivity contribution is 5.72. The molecule has 0 aromatic carbocycles. The zero-order valence-corrected chi connectivity index (χ0v) is 7.97. The molecule has 0 saturated carbocycles. The van der Waals surface area contributed by atoms with E-state index in [9.17, 15) is 9.59 Å². The average Bonchev–Trinajstić information content (AvgIpc) is 1.60. The first-order valence-corrected chi connectivity index (χ1v) is 3.43. The van der Waals surface area contributed by atoms with E-state index in [1.165, 1.54) is 27.7 Å². The van der Waals surface area contributed by atoms with Crippen LogP contribution in [0.5, 0.6) is 0 Å². The van der Waals surface area contributed by atoms with E-state index < -0.39 is 0 Å². The number of aliphatic hydroxyl groups excluding tert-OH is 1. The van der Waals surface area contributed by atoms with Crippen LogP contribution < -0.4 is 0 Å². The molecular weight excluding hydrogens is 144 g/mol. The van der Waals surface area contributed by atoms with E-state index >= 15 is 0 Å². The van der Waals surface area contributed by atoms with Crippen molar-refractivity contribution in [1.29, 1.82) is 0 Å². The molecule has 0 atom stereocenters. The fourth-order valence-corrected chi connectivity index (χ4v) is 0. The molecule has 0 aliphatic heterocycles. The number of Topliss-reactive ketones (excluding diaryl/α,β-unsaturated/α-hetero) is 2. The van der Waals surface area contributed by atoms with Crippen LogP contribution in [-0.4, -0.2) is 23.3 Å². The Bertz CT molecular complexity index is 77.5. The molecule has 3 heteroatoms. The van der Waals surface area contributed by atoms with Crippen LogP contribution in [0.25, 0.3) is 0 Å². The number of carbonyl (C=O) groups is 2. The number of hydrogen-bond acceptors (Lipinski definition) is 3. The summed E-state index contributed by atoms with van der Waals surface area (Å²) in [6.45, 7) is 8.04. The average molecular weight is 162 g/mol. The van der Waals surface area contributed by atoms with Crippen LogP contribution in [0.4, 0.5) is 0 Å². The molecule has 11 heavy (non-hydrogen) atoms. The van der Waals surface area contributed by atoms with Gasteiger partial charge in [-0.3, -0.25) is 0 Å². The fraction of sp³-hybridized carbons (Fsp3) is 0.750. The molecule has 0 aliphatic carbocycles. The molecule has 68 valence electrons. The minimum absolute atomic E-state index is 0.167. The van der Waals surface area contributed by atoms with Gasteiger partial charge in [0, 0.05) is 6.61 Å². The molecule has 0 aromatic heterocycles. The third-order valence-corrected chi connectivity index (χ3v) is 0. The van der Waals surface area contributed by atoms with E-state index in [2.05, 4.69) is 0 Å². The van der Waals surface area contributed by atoms with Crippen molar-refractivity contribution in [1.82, 2.24) is 0 Å². The SMILES string of the molecule is CC(C)=O.CC(C)=O.CCO. The van der Waals surface area contributed by atoms with Crippen LogP contribution in [0.1, 0.15) is 34.6 Å². The Balaban J connectivity index is -0.0000000886. The molecule has 0 heterocycles. The molecule has 0 saturated heterocycles. The number of rotatable bonds is 0. The Morgan fingerprint density at radius 3 is 1.00 bits per heavy atom. The van der Waals surface area contributed by atoms with Gasteiger partial charge in [0.05, 0.1) is 0 Å². The van der Waals surface area contributed by atoms with E-state index in [-0.39, 0.29) is 18.2 Å². The van der Waals surface area contributed by atoms with Crippen molar-refractivity contribution in [2.24, 2.45) is 0 Å². The van der Waals surface area contributed by atoms with Gasteiger partial charge < -0.3 is 14.7 Å². The minimum atomic E-state index is 0.167. The van der Waals surface area contributed by atoms with Gasteiger partial charge in [0.25, 0.3) is 0 Å². The van der Waals surface area contributed by atoms with Crippen molar-refractivity contribution in [3.63, 3.8) is 0 Å². The largest absolute Gasteiger partial charge is 0.397 e. The zero-order valence-electron chi connectivity index (χ0n) is 7.97. The van der Waals surface area contributed by atoms with E-state index in [0.717, 1.165) is 0 Å². The van der Waals surface area contributed by atoms with Gasteiger partial charge >= 0.3 is 0 Å². The highest BCUT2D eigenvalue weighted by Gasteiger charge is 1.62. The second kappa shape index (κ2) is 16.1. The molecular formula is C8H18O3. The third-order valence-electron chi connectivity index (χ3n) is 0. The van der Waals surface area contributed by atoms with Gasteiger partial charge in [-0.05, 0) is 34.6 Å². The summed E-state index contributed by atoms with van der Waals surface area (Å²) in [6, 6.07) is 0. The summed E-state index contributed by atoms with van der Waals surface area (Å²) in [5, 5.41) is 7.57. The summed E-state index contributed by atoms with van der Waals surface area (Å²) in [6.07, 6.45) is 0. The summed E-state index contributed by atoms with van der Waals surface area (Å²) in [5.41, 5.74) is 0. The number of hydrogen-bond donors (Lipinski definition) is 1. The summed E-state index contributed by atoms with van der Waals surface area (Å²) in [5.74, 6) is 0.333. The topological polar surface area (TPSA) is 54.4 Å². The smallest absolute Gasteiger partial charge is 0.126 e. The second-order valence-corrected chi connectivity index (χ2v) is 2.13. The molecule has 0 radical (unpaired) electrons. The monoisotopic (exact) mass is 162 g/mol. The van der Waals surface area contributed by atoms with Crippen molar-refractivity contribution in [3.05, 3.63) is 0 Å². The molecule has 0 aliphatic rings. The van der Waals surface area contributed by atoms with Crippen molar-refractivity contribution in [3.8, 4) is 0 Å². The molecule has 0 spiro atoms. The van der Waals surface area contributed by atoms with Crippen LogP contribution in [-0.2, 0) is 9.59 Å². The molecule has 1 N–H and O–H groups in total. The van der Waals surface area contributed by atoms with Gasteiger partial charge in [-0.2, -0.15) is 0 Å². The van der Waals surface area contributed by atoms with Gasteiger partial charge in [0.1, 0.15) is 11.6 Å². The first kappa shape index (κ1) is 16.7. The normalized spacial score (nSPS) is 6.36. The van der Waals surface area contributed by atoms with Crippen molar-refractivity contribution < 1.29 is 14.7 Å². The Kier molecular flexibility index (Phi) is 24.5. The molecule has 0 bridgehead atoms. The Morgan fingerprint density at radius 1 is 1.00 bits per heavy atom. The maximum atomic E-state index is 9.44. The molecule has 0 unspecified atom stereocenters. The zero-order chi connectivity index (χ0) is 9.86. The maximum Gasteiger partial charge on any atom is 0.126 e. The molecule has 0 aromatic rings. The highest BCUT2D eigenvalue weighted by Crippen LogP contribution is 1.50. The van der Waals surface area contributed by atoms with Crippen LogP contribution in [0, 0.1) is 0 Å². The van der Waals surface area contributed by atoms with Gasteiger partial charge in [-0.15, -0.1) is 0 Å². The highest BCUT2D eigenvalue weighted by atomic mass is 16.2. The lowest BCUT2D eigenvalue weighted by molar-refractivity contribution is -0.115. The molecule has 0 rings (SSSR count). The Morgan fingerprint density at radius 2 is 1.00 bits per heavy atom. The number of ketones is 2. The first-order chi connectivity index (χ1) is 4.88. The van der Waals surface area contributed by atoms with Crippen molar-refractivity contribution in [2.75, 3.05) is 6.61 Å². The lowest BCUT2D eigenvalue weighted by Crippen LogP contribution is -1.69. The predicted octanol–water partition coefficient (Wildman–Crippen LogP) is 1.19. The third kappa shape index (κ3) is 1010. The van der Waals surface area contributed by atoms with E-state index in [1.54, 1.807) is 6.92 Å². The van der Waals surface area contributed by atoms with Crippen LogP contribution in [0.15, 0.2) is 0 Å². The summed E-state index contributed by atoms with van der Waals surface area (Å²) in [4.78, 5) is 18.9. The van der Waals surface area contributed by atoms with Gasteiger partial charge in [0.2, 0.25) is 0 Å². The Labute approximate surface area is 68.4 Å². The predicted molar refractivity (Wildman–Crippen MR) is 45.5 cm³/mol. The van der Waals surface area contributed by atoms with Gasteiger partial charge in [-0.1, -0.05) is 0 Å². The van der Waals surface area contributed by atoms with Gasteiger partial charge in [-0.25, -0.2) is 0 Å². The first-order valence-electron chi connectivity index (χ1n) is 3.43. The minimum Gasteiger partial charge on any atom is -0.397 e. The second-order valence-electron chi connectivity index (χ2n) is 2.13. The number of aliphatic hydroxyl groups is 1. The fourth-order valence-electron chi connectivity index (χ4n) is 0. The lowest BCUT2D eigenvalue weighted by Gasteiger charge is -1.56. The van der Waals surface area contributed by atoms with Crippen LogP contribution in [0.3, 0.4) is 0 Å². The summed E-state index contributed by atoms with van der Waals surface area (Å²) < 4.78 is 0. The number of carbonyl (C=O) groups excluding carboxylic acids is 2. The van der Waals surface area contributed by atoms with Crippen molar-refractivity contribution in [2.45, 2.75) is 34.6 Å². The van der Waals surface area contributed by atoms with E-state index in [0.29, 0.717) is 0 Å². The quantitative estimate of drug-likeness (QED) is 0.582. The lowest BCUT2D eigenvalue weighted by atomic mass is 10.6. The van der Waals surface area contributed by atoms with Crippen LogP contribution >= 0.6 is 0 Å². The van der Waals surface area contributed by atoms with Crippen LogP contribution in [0.2, 0.25) is 0 Å². The summed E-state index contributed by atoms with van der Waals surface area (Å²) in [7, 11) is 0. The summed E-state index contributed by atoms with van der Waals surface area (Å²) >= 11 is 0.